The van der Waals surface area contributed by atoms with Crippen LogP contribution < -0.4 is 4.90 Å². The van der Waals surface area contributed by atoms with E-state index in [0.29, 0.717) is 17.8 Å². The Kier molecular flexibility index (Phi) is 9.71. The van der Waals surface area contributed by atoms with Gasteiger partial charge in [-0.25, -0.2) is 0 Å². The van der Waals surface area contributed by atoms with Gasteiger partial charge in [-0.2, -0.15) is 0 Å². The van der Waals surface area contributed by atoms with Crippen LogP contribution in [0.4, 0.5) is 17.1 Å². The maximum atomic E-state index is 2.56. The minimum atomic E-state index is -0.0975. The van der Waals surface area contributed by atoms with E-state index in [-0.39, 0.29) is 5.41 Å². The summed E-state index contributed by atoms with van der Waals surface area (Å²) in [5, 5.41) is 5.13. The van der Waals surface area contributed by atoms with Gasteiger partial charge in [0.15, 0.2) is 0 Å². The van der Waals surface area contributed by atoms with Crippen LogP contribution >= 0.6 is 0 Å². The molecule has 0 radical (unpaired) electrons. The van der Waals surface area contributed by atoms with Crippen molar-refractivity contribution in [2.75, 3.05) is 4.90 Å². The van der Waals surface area contributed by atoms with Crippen molar-refractivity contribution in [3.63, 3.8) is 0 Å². The van der Waals surface area contributed by atoms with Crippen LogP contribution in [0.5, 0.6) is 0 Å². The second-order valence-electron chi connectivity index (χ2n) is 19.4. The molecule has 2 unspecified atom stereocenters. The molecule has 0 aromatic heterocycles. The van der Waals surface area contributed by atoms with E-state index in [4.69, 9.17) is 0 Å². The predicted octanol–water partition coefficient (Wildman–Crippen LogP) is 17.8. The van der Waals surface area contributed by atoms with E-state index in [1.165, 1.54) is 126 Å². The number of hydrogen-bond acceptors (Lipinski definition) is 1. The minimum Gasteiger partial charge on any atom is -0.309 e. The first-order valence-corrected chi connectivity index (χ1v) is 24.0. The molecule has 0 saturated heterocycles. The number of anilines is 3. The lowest BCUT2D eigenvalue weighted by molar-refractivity contribution is 0.398. The summed E-state index contributed by atoms with van der Waals surface area (Å²) in [5.41, 5.74) is 19.6. The third kappa shape index (κ3) is 6.50. The molecule has 4 aliphatic rings. The summed E-state index contributed by atoms with van der Waals surface area (Å²) < 4.78 is 0. The van der Waals surface area contributed by atoms with Crippen molar-refractivity contribution < 1.29 is 0 Å². The van der Waals surface area contributed by atoms with Crippen LogP contribution in [0.2, 0.25) is 0 Å². The molecule has 8 aromatic rings. The molecule has 0 spiro atoms. The first kappa shape index (κ1) is 39.6. The van der Waals surface area contributed by atoms with Crippen molar-refractivity contribution in [3.8, 4) is 33.4 Å². The number of nitrogens with zero attached hydrogens (tertiary/aromatic N) is 1. The van der Waals surface area contributed by atoms with E-state index < -0.39 is 0 Å². The lowest BCUT2D eigenvalue weighted by atomic mass is 9.68. The average Bonchev–Trinajstić information content (AvgIpc) is 3.60. The molecule has 1 fully saturated rings. The number of hydrogen-bond donors (Lipinski definition) is 0. The zero-order chi connectivity index (χ0) is 43.6. The van der Waals surface area contributed by atoms with Gasteiger partial charge in [0.05, 0.1) is 11.4 Å². The standard InChI is InChI=1S/C64H55N/c1-42-34-40-56(62-47(42)25-15-27-50(62)43-18-5-4-6-19-43)54-23-11-14-33-61(54)65(46-38-35-45(36-39-46)49-26-16-28-51-48-21-8-7-20-44(48)37-41-52(49)51)60-32-13-10-22-53(60)55-29-17-31-59-63(55)57-24-9-12-30-58(57)64(59,2)3/h7-17,20-43,47H,4-6,18-19H2,1-3H3. The minimum absolute atomic E-state index is 0.0975. The van der Waals surface area contributed by atoms with Crippen molar-refractivity contribution >= 4 is 44.2 Å². The molecular formula is C64H55N. The lowest BCUT2D eigenvalue weighted by Crippen LogP contribution is -2.23. The Morgan fingerprint density at radius 1 is 0.508 bits per heavy atom. The zero-order valence-electron chi connectivity index (χ0n) is 37.8. The second kappa shape index (κ2) is 15.9. The number of para-hydroxylation sites is 2. The quantitative estimate of drug-likeness (QED) is 0.145. The molecular weight excluding hydrogens is 783 g/mol. The molecule has 2 atom stereocenters. The largest absolute Gasteiger partial charge is 0.309 e. The summed E-state index contributed by atoms with van der Waals surface area (Å²) in [6.07, 6.45) is 18.8. The first-order chi connectivity index (χ1) is 32.0. The first-order valence-electron chi connectivity index (χ1n) is 24.0. The maximum Gasteiger partial charge on any atom is 0.0540 e. The lowest BCUT2D eigenvalue weighted by Gasteiger charge is -2.37. The van der Waals surface area contributed by atoms with Gasteiger partial charge < -0.3 is 4.90 Å². The Hall–Kier alpha value is -6.96. The van der Waals surface area contributed by atoms with Crippen LogP contribution in [0.25, 0.3) is 60.5 Å². The summed E-state index contributed by atoms with van der Waals surface area (Å²) in [5.74, 6) is 1.40. The fourth-order valence-electron chi connectivity index (χ4n) is 12.2. The van der Waals surface area contributed by atoms with Crippen molar-refractivity contribution in [1.82, 2.24) is 0 Å². The Labute approximate surface area is 384 Å². The van der Waals surface area contributed by atoms with Crippen molar-refractivity contribution in [3.05, 3.63) is 228 Å². The van der Waals surface area contributed by atoms with Gasteiger partial charge in [0, 0.05) is 28.1 Å². The van der Waals surface area contributed by atoms with Crippen LogP contribution in [0.3, 0.4) is 0 Å². The molecule has 316 valence electrons. The van der Waals surface area contributed by atoms with Crippen LogP contribution in [0, 0.1) is 17.8 Å². The fourth-order valence-corrected chi connectivity index (χ4v) is 12.2. The highest BCUT2D eigenvalue weighted by Gasteiger charge is 2.38. The van der Waals surface area contributed by atoms with E-state index in [9.17, 15) is 0 Å². The molecule has 1 nitrogen and oxygen atoms in total. The van der Waals surface area contributed by atoms with E-state index in [1.54, 1.807) is 5.57 Å². The van der Waals surface area contributed by atoms with E-state index >= 15 is 0 Å². The molecule has 0 N–H and O–H groups in total. The summed E-state index contributed by atoms with van der Waals surface area (Å²) in [6, 6.07) is 63.8. The van der Waals surface area contributed by atoms with Gasteiger partial charge in [0.25, 0.3) is 0 Å². The monoisotopic (exact) mass is 837 g/mol. The third-order valence-corrected chi connectivity index (χ3v) is 15.4. The van der Waals surface area contributed by atoms with Gasteiger partial charge in [-0.3, -0.25) is 0 Å². The van der Waals surface area contributed by atoms with Crippen LogP contribution in [-0.2, 0) is 5.41 Å². The average molecular weight is 838 g/mol. The normalized spacial score (nSPS) is 18.7. The smallest absolute Gasteiger partial charge is 0.0540 e. The Morgan fingerprint density at radius 2 is 1.15 bits per heavy atom. The Balaban J connectivity index is 1.07. The van der Waals surface area contributed by atoms with Crippen molar-refractivity contribution in [1.29, 1.82) is 0 Å². The van der Waals surface area contributed by atoms with Gasteiger partial charge in [0.1, 0.15) is 0 Å². The second-order valence-corrected chi connectivity index (χ2v) is 19.4. The van der Waals surface area contributed by atoms with Crippen molar-refractivity contribution in [2.24, 2.45) is 17.8 Å². The summed E-state index contributed by atoms with van der Waals surface area (Å²) in [4.78, 5) is 2.56. The predicted molar refractivity (Wildman–Crippen MR) is 277 cm³/mol. The molecule has 8 aromatic carbocycles. The summed E-state index contributed by atoms with van der Waals surface area (Å²) in [7, 11) is 0. The highest BCUT2D eigenvalue weighted by Crippen LogP contribution is 2.55. The number of fused-ring (bicyclic) bond motifs is 7. The van der Waals surface area contributed by atoms with E-state index in [0.717, 1.165) is 5.69 Å². The van der Waals surface area contributed by atoms with Crippen molar-refractivity contribution in [2.45, 2.75) is 58.3 Å². The highest BCUT2D eigenvalue weighted by atomic mass is 15.1. The molecule has 4 aliphatic carbocycles. The van der Waals surface area contributed by atoms with Crippen LogP contribution in [0.15, 0.2) is 211 Å². The highest BCUT2D eigenvalue weighted by molar-refractivity contribution is 6.12. The fraction of sp³-hybridized carbons (Fsp3) is 0.188. The van der Waals surface area contributed by atoms with Crippen LogP contribution in [0.1, 0.15) is 69.6 Å². The maximum absolute atomic E-state index is 2.56. The van der Waals surface area contributed by atoms with E-state index in [2.05, 4.69) is 226 Å². The van der Waals surface area contributed by atoms with Gasteiger partial charge in [-0.1, -0.05) is 216 Å². The molecule has 12 rings (SSSR count). The zero-order valence-corrected chi connectivity index (χ0v) is 37.8. The molecule has 65 heavy (non-hydrogen) atoms. The summed E-state index contributed by atoms with van der Waals surface area (Å²) in [6.45, 7) is 7.17. The number of rotatable bonds is 7. The van der Waals surface area contributed by atoms with Gasteiger partial charge in [0.2, 0.25) is 0 Å². The molecule has 1 heteroatoms. The number of allylic oxidation sites excluding steroid dienone is 8. The van der Waals surface area contributed by atoms with E-state index in [1.807, 2.05) is 0 Å². The molecule has 0 amide bonds. The SMILES string of the molecule is CC1C=CC(c2ccccc2N(c2ccc(-c3cccc4c3ccc3ccccc34)cc2)c2ccccc2-c2cccc3c2-c2ccccc2C3(C)C)=C2C(C3CCCCC3)=CC=CC21. The van der Waals surface area contributed by atoms with Gasteiger partial charge >= 0.3 is 0 Å². The third-order valence-electron chi connectivity index (χ3n) is 15.4. The van der Waals surface area contributed by atoms with Crippen LogP contribution in [-0.4, -0.2) is 0 Å². The van der Waals surface area contributed by atoms with Gasteiger partial charge in [-0.05, 0) is 126 Å². The molecule has 1 saturated carbocycles. The number of benzene rings is 8. The Morgan fingerprint density at radius 3 is 1.98 bits per heavy atom. The summed E-state index contributed by atoms with van der Waals surface area (Å²) >= 11 is 0. The molecule has 0 heterocycles. The topological polar surface area (TPSA) is 3.24 Å². The molecule has 0 bridgehead atoms. The molecule has 0 aliphatic heterocycles. The van der Waals surface area contributed by atoms with Gasteiger partial charge in [-0.15, -0.1) is 0 Å². The Bertz CT molecular complexity index is 3290.